The standard InChI is InChI=1S/C15H13BrN2O2S/c1-10-4-6-13(12(16)9-10)17-15(21)18-14(19)7-5-11-3-2-8-20-11/h2-9H,1H3,(H2,17,18,19,21)/b7-5+. The Morgan fingerprint density at radius 3 is 2.86 bits per heavy atom. The molecule has 0 aliphatic carbocycles. The van der Waals surface area contributed by atoms with Gasteiger partial charge < -0.3 is 9.73 Å². The first-order valence-corrected chi connectivity index (χ1v) is 7.34. The third-order valence-electron chi connectivity index (χ3n) is 2.55. The molecule has 1 aromatic carbocycles. The van der Waals surface area contributed by atoms with Crippen molar-refractivity contribution in [3.8, 4) is 0 Å². The number of carbonyl (C=O) groups excluding carboxylic acids is 1. The number of aryl methyl sites for hydroxylation is 1. The topological polar surface area (TPSA) is 54.3 Å². The second kappa shape index (κ2) is 7.19. The molecule has 0 atom stereocenters. The molecule has 0 radical (unpaired) electrons. The van der Waals surface area contributed by atoms with Crippen LogP contribution in [0.5, 0.6) is 0 Å². The van der Waals surface area contributed by atoms with E-state index in [9.17, 15) is 4.79 Å². The van der Waals surface area contributed by atoms with Gasteiger partial charge in [-0.2, -0.15) is 0 Å². The van der Waals surface area contributed by atoms with Gasteiger partial charge >= 0.3 is 0 Å². The normalized spacial score (nSPS) is 10.6. The van der Waals surface area contributed by atoms with Crippen LogP contribution in [0.25, 0.3) is 6.08 Å². The number of nitrogens with one attached hydrogen (secondary N) is 2. The van der Waals surface area contributed by atoms with Crippen LogP contribution < -0.4 is 10.6 Å². The molecule has 2 rings (SSSR count). The highest BCUT2D eigenvalue weighted by atomic mass is 79.9. The number of hydrogen-bond donors (Lipinski definition) is 2. The number of thiocarbonyl (C=S) groups is 1. The molecule has 0 aliphatic rings. The SMILES string of the molecule is Cc1ccc(NC(=S)NC(=O)/C=C/c2ccco2)c(Br)c1. The van der Waals surface area contributed by atoms with E-state index in [-0.39, 0.29) is 11.0 Å². The van der Waals surface area contributed by atoms with Crippen LogP contribution in [0.2, 0.25) is 0 Å². The van der Waals surface area contributed by atoms with Crippen LogP contribution in [-0.4, -0.2) is 11.0 Å². The minimum atomic E-state index is -0.327. The van der Waals surface area contributed by atoms with Gasteiger partial charge in [0.1, 0.15) is 5.76 Å². The fourth-order valence-electron chi connectivity index (χ4n) is 1.57. The zero-order valence-electron chi connectivity index (χ0n) is 11.2. The summed E-state index contributed by atoms with van der Waals surface area (Å²) in [6.45, 7) is 1.99. The minimum Gasteiger partial charge on any atom is -0.465 e. The zero-order valence-corrected chi connectivity index (χ0v) is 13.6. The van der Waals surface area contributed by atoms with Crippen molar-refractivity contribution in [2.45, 2.75) is 6.92 Å². The van der Waals surface area contributed by atoms with E-state index in [2.05, 4.69) is 26.6 Å². The number of furan rings is 1. The van der Waals surface area contributed by atoms with Crippen LogP contribution in [0.4, 0.5) is 5.69 Å². The van der Waals surface area contributed by atoms with E-state index < -0.39 is 0 Å². The molecule has 0 bridgehead atoms. The maximum Gasteiger partial charge on any atom is 0.250 e. The molecule has 1 amide bonds. The Labute approximate surface area is 136 Å². The Morgan fingerprint density at radius 1 is 1.38 bits per heavy atom. The Balaban J connectivity index is 1.90. The van der Waals surface area contributed by atoms with Crippen molar-refractivity contribution in [1.29, 1.82) is 0 Å². The van der Waals surface area contributed by atoms with Gasteiger partial charge in [-0.1, -0.05) is 6.07 Å². The first kappa shape index (κ1) is 15.5. The van der Waals surface area contributed by atoms with E-state index in [4.69, 9.17) is 16.6 Å². The van der Waals surface area contributed by atoms with E-state index in [1.807, 2.05) is 25.1 Å². The predicted octanol–water partition coefficient (Wildman–Crippen LogP) is 3.88. The van der Waals surface area contributed by atoms with Crippen molar-refractivity contribution in [3.63, 3.8) is 0 Å². The molecule has 0 aliphatic heterocycles. The summed E-state index contributed by atoms with van der Waals surface area (Å²) in [6, 6.07) is 9.30. The molecule has 0 saturated heterocycles. The average molecular weight is 365 g/mol. The van der Waals surface area contributed by atoms with Gasteiger partial charge in [0.25, 0.3) is 0 Å². The molecule has 0 unspecified atom stereocenters. The molecule has 21 heavy (non-hydrogen) atoms. The smallest absolute Gasteiger partial charge is 0.250 e. The first-order chi connectivity index (χ1) is 10.0. The highest BCUT2D eigenvalue weighted by molar-refractivity contribution is 9.10. The van der Waals surface area contributed by atoms with Gasteiger partial charge in [0, 0.05) is 10.5 Å². The fraction of sp³-hybridized carbons (Fsp3) is 0.0667. The van der Waals surface area contributed by atoms with E-state index >= 15 is 0 Å². The first-order valence-electron chi connectivity index (χ1n) is 6.14. The zero-order chi connectivity index (χ0) is 15.2. The van der Waals surface area contributed by atoms with Crippen molar-refractivity contribution in [1.82, 2.24) is 5.32 Å². The number of amides is 1. The summed E-state index contributed by atoms with van der Waals surface area (Å²) in [5, 5.41) is 5.75. The van der Waals surface area contributed by atoms with Crippen LogP contribution in [0.15, 0.2) is 51.6 Å². The molecule has 6 heteroatoms. The lowest BCUT2D eigenvalue weighted by molar-refractivity contribution is -0.115. The lowest BCUT2D eigenvalue weighted by Gasteiger charge is -2.10. The molecule has 2 aromatic rings. The maximum atomic E-state index is 11.7. The largest absolute Gasteiger partial charge is 0.465 e. The summed E-state index contributed by atoms with van der Waals surface area (Å²) in [4.78, 5) is 11.7. The lowest BCUT2D eigenvalue weighted by Crippen LogP contribution is -2.32. The maximum absolute atomic E-state index is 11.7. The molecule has 4 nitrogen and oxygen atoms in total. The Morgan fingerprint density at radius 2 is 2.19 bits per heavy atom. The van der Waals surface area contributed by atoms with Crippen molar-refractivity contribution in [2.75, 3.05) is 5.32 Å². The number of halogens is 1. The molecular weight excluding hydrogens is 352 g/mol. The monoisotopic (exact) mass is 364 g/mol. The summed E-state index contributed by atoms with van der Waals surface area (Å²) < 4.78 is 5.97. The third kappa shape index (κ3) is 4.84. The Kier molecular flexibility index (Phi) is 5.30. The van der Waals surface area contributed by atoms with Gasteiger partial charge in [-0.3, -0.25) is 10.1 Å². The molecule has 0 fully saturated rings. The van der Waals surface area contributed by atoms with Gasteiger partial charge in [-0.15, -0.1) is 0 Å². The fourth-order valence-corrected chi connectivity index (χ4v) is 2.38. The second-order valence-corrected chi connectivity index (χ2v) is 5.54. The van der Waals surface area contributed by atoms with Crippen molar-refractivity contribution < 1.29 is 9.21 Å². The summed E-state index contributed by atoms with van der Waals surface area (Å²) in [6.07, 6.45) is 4.47. The summed E-state index contributed by atoms with van der Waals surface area (Å²) >= 11 is 8.54. The van der Waals surface area contributed by atoms with Gasteiger partial charge in [-0.05, 0) is 71.0 Å². The van der Waals surface area contributed by atoms with E-state index in [0.717, 1.165) is 15.7 Å². The van der Waals surface area contributed by atoms with Crippen LogP contribution in [0.3, 0.4) is 0 Å². The van der Waals surface area contributed by atoms with Crippen molar-refractivity contribution in [2.24, 2.45) is 0 Å². The molecular formula is C15H13BrN2O2S. The number of hydrogen-bond acceptors (Lipinski definition) is 3. The molecule has 2 N–H and O–H groups in total. The molecule has 108 valence electrons. The van der Waals surface area contributed by atoms with Crippen LogP contribution in [0.1, 0.15) is 11.3 Å². The van der Waals surface area contributed by atoms with Crippen molar-refractivity contribution >= 4 is 50.9 Å². The Bertz CT molecular complexity index is 681. The van der Waals surface area contributed by atoms with E-state index in [0.29, 0.717) is 5.76 Å². The second-order valence-electron chi connectivity index (χ2n) is 4.28. The molecule has 0 spiro atoms. The number of carbonyl (C=O) groups is 1. The quantitative estimate of drug-likeness (QED) is 0.640. The van der Waals surface area contributed by atoms with Crippen LogP contribution in [0, 0.1) is 6.92 Å². The molecule has 1 heterocycles. The molecule has 1 aromatic heterocycles. The van der Waals surface area contributed by atoms with Crippen molar-refractivity contribution in [3.05, 3.63) is 58.5 Å². The van der Waals surface area contributed by atoms with Gasteiger partial charge in [0.15, 0.2) is 5.11 Å². The van der Waals surface area contributed by atoms with E-state index in [1.165, 1.54) is 6.08 Å². The number of anilines is 1. The van der Waals surface area contributed by atoms with E-state index in [1.54, 1.807) is 24.5 Å². The highest BCUT2D eigenvalue weighted by Crippen LogP contribution is 2.23. The number of benzene rings is 1. The average Bonchev–Trinajstić information content (AvgIpc) is 2.93. The van der Waals surface area contributed by atoms with Gasteiger partial charge in [0.2, 0.25) is 5.91 Å². The third-order valence-corrected chi connectivity index (χ3v) is 3.41. The number of rotatable bonds is 3. The predicted molar refractivity (Wildman–Crippen MR) is 91.0 cm³/mol. The Hall–Kier alpha value is -1.92. The molecule has 0 saturated carbocycles. The summed E-state index contributed by atoms with van der Waals surface area (Å²) in [7, 11) is 0. The summed E-state index contributed by atoms with van der Waals surface area (Å²) in [5.41, 5.74) is 1.92. The van der Waals surface area contributed by atoms with Gasteiger partial charge in [0.05, 0.1) is 12.0 Å². The highest BCUT2D eigenvalue weighted by Gasteiger charge is 2.04. The minimum absolute atomic E-state index is 0.230. The van der Waals surface area contributed by atoms with Crippen LogP contribution >= 0.6 is 28.1 Å². The lowest BCUT2D eigenvalue weighted by atomic mass is 10.2. The summed E-state index contributed by atoms with van der Waals surface area (Å²) in [5.74, 6) is 0.275. The van der Waals surface area contributed by atoms with Crippen LogP contribution in [-0.2, 0) is 4.79 Å². The van der Waals surface area contributed by atoms with Gasteiger partial charge in [-0.25, -0.2) is 0 Å².